The first-order valence-corrected chi connectivity index (χ1v) is 9.70. The quantitative estimate of drug-likeness (QED) is 0.516. The summed E-state index contributed by atoms with van der Waals surface area (Å²) in [5.41, 5.74) is 2.41. The molecule has 1 amide bonds. The van der Waals surface area contributed by atoms with Crippen molar-refractivity contribution in [2.75, 3.05) is 19.0 Å². The topological polar surface area (TPSA) is 99.9 Å². The Kier molecular flexibility index (Phi) is 7.15. The number of nitrogens with zero attached hydrogens (tertiary/aromatic N) is 1. The number of benzene rings is 2. The standard InChI is InChI=1S/C22H21ClN2O6/c1-13-18(14(2)31-25-13)11-29-17-7-4-15(5-8-17)22(27)30-12-21(26)24-16-6-9-20(28-3)19(23)10-16/h4-10H,11-12H2,1-3H3,(H,24,26). The van der Waals surface area contributed by atoms with Crippen LogP contribution >= 0.6 is 11.6 Å². The molecule has 0 radical (unpaired) electrons. The molecule has 0 unspecified atom stereocenters. The van der Waals surface area contributed by atoms with Crippen molar-refractivity contribution in [3.63, 3.8) is 0 Å². The van der Waals surface area contributed by atoms with E-state index in [0.717, 1.165) is 11.3 Å². The third kappa shape index (κ3) is 5.76. The molecule has 0 atom stereocenters. The normalized spacial score (nSPS) is 10.5. The van der Waals surface area contributed by atoms with E-state index in [9.17, 15) is 9.59 Å². The van der Waals surface area contributed by atoms with Crippen molar-refractivity contribution < 1.29 is 28.3 Å². The molecule has 0 aliphatic carbocycles. The fourth-order valence-corrected chi connectivity index (χ4v) is 2.96. The van der Waals surface area contributed by atoms with Crippen LogP contribution in [0.5, 0.6) is 11.5 Å². The summed E-state index contributed by atoms with van der Waals surface area (Å²) >= 11 is 6.02. The highest BCUT2D eigenvalue weighted by molar-refractivity contribution is 6.32. The van der Waals surface area contributed by atoms with Gasteiger partial charge in [0.05, 0.1) is 29.0 Å². The number of anilines is 1. The van der Waals surface area contributed by atoms with E-state index in [0.29, 0.717) is 40.1 Å². The average Bonchev–Trinajstić information content (AvgIpc) is 3.08. The summed E-state index contributed by atoms with van der Waals surface area (Å²) in [5.74, 6) is 0.651. The van der Waals surface area contributed by atoms with Crippen LogP contribution in [0.2, 0.25) is 5.02 Å². The first-order chi connectivity index (χ1) is 14.9. The molecule has 162 valence electrons. The average molecular weight is 445 g/mol. The Morgan fingerprint density at radius 1 is 1.13 bits per heavy atom. The van der Waals surface area contributed by atoms with Gasteiger partial charge in [-0.3, -0.25) is 4.79 Å². The predicted molar refractivity (Wildman–Crippen MR) is 114 cm³/mol. The molecule has 9 heteroatoms. The summed E-state index contributed by atoms with van der Waals surface area (Å²) in [7, 11) is 1.50. The molecule has 0 aliphatic heterocycles. The van der Waals surface area contributed by atoms with Crippen molar-refractivity contribution >= 4 is 29.2 Å². The van der Waals surface area contributed by atoms with Gasteiger partial charge in [0, 0.05) is 5.69 Å². The minimum Gasteiger partial charge on any atom is -0.495 e. The maximum Gasteiger partial charge on any atom is 0.338 e. The summed E-state index contributed by atoms with van der Waals surface area (Å²) in [6, 6.07) is 11.2. The van der Waals surface area contributed by atoms with Gasteiger partial charge in [0.15, 0.2) is 6.61 Å². The second kappa shape index (κ2) is 9.99. The van der Waals surface area contributed by atoms with Gasteiger partial charge in [0.2, 0.25) is 0 Å². The molecule has 2 aromatic carbocycles. The molecule has 31 heavy (non-hydrogen) atoms. The molecule has 0 aliphatic rings. The first-order valence-electron chi connectivity index (χ1n) is 9.32. The zero-order valence-corrected chi connectivity index (χ0v) is 18.0. The highest BCUT2D eigenvalue weighted by Gasteiger charge is 2.13. The Balaban J connectivity index is 1.49. The molecule has 0 saturated carbocycles. The second-order valence-corrected chi connectivity index (χ2v) is 7.00. The van der Waals surface area contributed by atoms with E-state index >= 15 is 0 Å². The Morgan fingerprint density at radius 2 is 1.87 bits per heavy atom. The number of amides is 1. The van der Waals surface area contributed by atoms with Gasteiger partial charge in [-0.25, -0.2) is 4.79 Å². The zero-order chi connectivity index (χ0) is 22.4. The molecule has 1 heterocycles. The lowest BCUT2D eigenvalue weighted by Crippen LogP contribution is -2.20. The number of esters is 1. The van der Waals surface area contributed by atoms with Crippen molar-refractivity contribution in [2.45, 2.75) is 20.5 Å². The fourth-order valence-electron chi connectivity index (χ4n) is 2.71. The SMILES string of the molecule is COc1ccc(NC(=O)COC(=O)c2ccc(OCc3c(C)noc3C)cc2)cc1Cl. The van der Waals surface area contributed by atoms with Gasteiger partial charge in [-0.15, -0.1) is 0 Å². The number of nitrogens with one attached hydrogen (secondary N) is 1. The summed E-state index contributed by atoms with van der Waals surface area (Å²) in [5, 5.41) is 6.83. The number of halogens is 1. The van der Waals surface area contributed by atoms with Crippen LogP contribution < -0.4 is 14.8 Å². The maximum atomic E-state index is 12.2. The van der Waals surface area contributed by atoms with E-state index in [2.05, 4.69) is 10.5 Å². The van der Waals surface area contributed by atoms with Gasteiger partial charge in [-0.05, 0) is 56.3 Å². The summed E-state index contributed by atoms with van der Waals surface area (Å²) in [6.07, 6.45) is 0. The Labute approximate surface area is 184 Å². The van der Waals surface area contributed by atoms with Crippen molar-refractivity contribution in [1.29, 1.82) is 0 Å². The number of rotatable bonds is 8. The maximum absolute atomic E-state index is 12.2. The fraction of sp³-hybridized carbons (Fsp3) is 0.227. The second-order valence-electron chi connectivity index (χ2n) is 6.59. The van der Waals surface area contributed by atoms with Crippen molar-refractivity contribution in [3.05, 3.63) is 70.1 Å². The molecule has 0 spiro atoms. The van der Waals surface area contributed by atoms with Gasteiger partial charge in [0.1, 0.15) is 23.9 Å². The van der Waals surface area contributed by atoms with Crippen LogP contribution in [0.1, 0.15) is 27.4 Å². The van der Waals surface area contributed by atoms with Crippen LogP contribution in [0.25, 0.3) is 0 Å². The Morgan fingerprint density at radius 3 is 2.48 bits per heavy atom. The number of carbonyl (C=O) groups is 2. The number of hydrogen-bond acceptors (Lipinski definition) is 7. The van der Waals surface area contributed by atoms with Gasteiger partial charge in [0.25, 0.3) is 5.91 Å². The third-order valence-corrected chi connectivity index (χ3v) is 4.72. The lowest BCUT2D eigenvalue weighted by Gasteiger charge is -2.09. The van der Waals surface area contributed by atoms with Crippen LogP contribution in [0.3, 0.4) is 0 Å². The van der Waals surface area contributed by atoms with Gasteiger partial charge < -0.3 is 24.1 Å². The highest BCUT2D eigenvalue weighted by atomic mass is 35.5. The lowest BCUT2D eigenvalue weighted by atomic mass is 10.2. The third-order valence-electron chi connectivity index (χ3n) is 4.42. The highest BCUT2D eigenvalue weighted by Crippen LogP contribution is 2.27. The molecule has 8 nitrogen and oxygen atoms in total. The molecule has 0 bridgehead atoms. The van der Waals surface area contributed by atoms with Crippen LogP contribution in [-0.4, -0.2) is 30.7 Å². The summed E-state index contributed by atoms with van der Waals surface area (Å²) in [4.78, 5) is 24.2. The minimum atomic E-state index is -0.625. The molecule has 0 fully saturated rings. The van der Waals surface area contributed by atoms with Crippen LogP contribution in [0.4, 0.5) is 5.69 Å². The van der Waals surface area contributed by atoms with Crippen LogP contribution in [0.15, 0.2) is 47.0 Å². The van der Waals surface area contributed by atoms with E-state index in [1.165, 1.54) is 7.11 Å². The Bertz CT molecular complexity index is 1060. The van der Waals surface area contributed by atoms with Gasteiger partial charge >= 0.3 is 5.97 Å². The largest absolute Gasteiger partial charge is 0.495 e. The van der Waals surface area contributed by atoms with Crippen molar-refractivity contribution in [1.82, 2.24) is 5.16 Å². The predicted octanol–water partition coefficient (Wildman–Crippen LogP) is 4.33. The zero-order valence-electron chi connectivity index (χ0n) is 17.2. The van der Waals surface area contributed by atoms with E-state index in [1.807, 2.05) is 13.8 Å². The Hall–Kier alpha value is -3.52. The number of aromatic nitrogens is 1. The van der Waals surface area contributed by atoms with Crippen LogP contribution in [-0.2, 0) is 16.1 Å². The monoisotopic (exact) mass is 444 g/mol. The molecule has 1 N–H and O–H groups in total. The van der Waals surface area contributed by atoms with Crippen molar-refractivity contribution in [2.24, 2.45) is 0 Å². The molecule has 1 aromatic heterocycles. The van der Waals surface area contributed by atoms with E-state index in [-0.39, 0.29) is 0 Å². The molecule has 3 rings (SSSR count). The number of carbonyl (C=O) groups excluding carboxylic acids is 2. The number of hydrogen-bond donors (Lipinski definition) is 1. The molecular weight excluding hydrogens is 424 g/mol. The number of aryl methyl sites for hydroxylation is 2. The lowest BCUT2D eigenvalue weighted by molar-refractivity contribution is -0.119. The minimum absolute atomic E-state index is 0.296. The van der Waals surface area contributed by atoms with Crippen LogP contribution in [0, 0.1) is 13.8 Å². The van der Waals surface area contributed by atoms with Gasteiger partial charge in [-0.1, -0.05) is 16.8 Å². The van der Waals surface area contributed by atoms with E-state index in [1.54, 1.807) is 42.5 Å². The number of methoxy groups -OCH3 is 1. The molecular formula is C22H21ClN2O6. The smallest absolute Gasteiger partial charge is 0.338 e. The summed E-state index contributed by atoms with van der Waals surface area (Å²) < 4.78 is 20.9. The number of ether oxygens (including phenoxy) is 3. The molecule has 3 aromatic rings. The van der Waals surface area contributed by atoms with Crippen molar-refractivity contribution in [3.8, 4) is 11.5 Å². The summed E-state index contributed by atoms with van der Waals surface area (Å²) in [6.45, 7) is 3.53. The first kappa shape index (κ1) is 22.2. The van der Waals surface area contributed by atoms with E-state index < -0.39 is 18.5 Å². The van der Waals surface area contributed by atoms with E-state index in [4.69, 9.17) is 30.3 Å². The molecule has 0 saturated heterocycles. The van der Waals surface area contributed by atoms with Gasteiger partial charge in [-0.2, -0.15) is 0 Å².